The molecule has 6 atom stereocenters. The van der Waals surface area contributed by atoms with Crippen molar-refractivity contribution in [3.05, 3.63) is 29.0 Å². The molecule has 190 valence electrons. The number of benzene rings is 1. The first-order chi connectivity index (χ1) is 16.1. The molecule has 1 aromatic carbocycles. The number of hydrogen-bond donors (Lipinski definition) is 3. The highest BCUT2D eigenvalue weighted by Gasteiger charge is 2.66. The fourth-order valence-corrected chi connectivity index (χ4v) is 5.45. The standard InChI is InChI=1S/C23H30ClF4N3O3/c1-13-6-8-18(31-21(32)30-17-9-7-14(24)12-16(17)25)20(29-13)34-19-5-3-2-4-15(19)22(10-11-33-22)23(26,27)28/h7,9,12-13,15,18-20,29H,2-6,8,10-11H2,1H3,(H2,30,31,32)/t13?,15?,18?,19-,20?,22-/m1/s1. The molecule has 3 fully saturated rings. The highest BCUT2D eigenvalue weighted by molar-refractivity contribution is 6.30. The van der Waals surface area contributed by atoms with Crippen molar-refractivity contribution < 1.29 is 31.8 Å². The van der Waals surface area contributed by atoms with Gasteiger partial charge >= 0.3 is 12.2 Å². The number of nitrogens with one attached hydrogen (secondary N) is 3. The second-order valence-electron chi connectivity index (χ2n) is 9.45. The van der Waals surface area contributed by atoms with Crippen LogP contribution >= 0.6 is 11.6 Å². The molecule has 11 heteroatoms. The number of carbonyl (C=O) groups excluding carboxylic acids is 1. The lowest BCUT2D eigenvalue weighted by Gasteiger charge is -2.52. The number of carbonyl (C=O) groups is 1. The van der Waals surface area contributed by atoms with Crippen molar-refractivity contribution in [1.82, 2.24) is 10.6 Å². The number of halogens is 5. The van der Waals surface area contributed by atoms with Crippen LogP contribution in [0.3, 0.4) is 0 Å². The molecule has 2 aliphatic heterocycles. The van der Waals surface area contributed by atoms with Crippen molar-refractivity contribution in [2.75, 3.05) is 11.9 Å². The van der Waals surface area contributed by atoms with Crippen LogP contribution in [0.1, 0.15) is 51.9 Å². The largest absolute Gasteiger partial charge is 0.417 e. The summed E-state index contributed by atoms with van der Waals surface area (Å²) in [6.45, 7) is 2.05. The Morgan fingerprint density at radius 1 is 1.24 bits per heavy atom. The van der Waals surface area contributed by atoms with Gasteiger partial charge in [-0.1, -0.05) is 24.4 Å². The van der Waals surface area contributed by atoms with E-state index in [1.807, 2.05) is 6.92 Å². The molecule has 2 saturated heterocycles. The number of hydrogen-bond acceptors (Lipinski definition) is 4. The zero-order valence-corrected chi connectivity index (χ0v) is 19.6. The van der Waals surface area contributed by atoms with Crippen LogP contribution in [-0.4, -0.2) is 48.8 Å². The highest BCUT2D eigenvalue weighted by Crippen LogP contribution is 2.52. The van der Waals surface area contributed by atoms with E-state index in [2.05, 4.69) is 16.0 Å². The van der Waals surface area contributed by atoms with E-state index in [-0.39, 0.29) is 29.8 Å². The second-order valence-corrected chi connectivity index (χ2v) is 9.88. The number of rotatable bonds is 5. The molecular weight excluding hydrogens is 478 g/mol. The van der Waals surface area contributed by atoms with Crippen molar-refractivity contribution in [1.29, 1.82) is 0 Å². The van der Waals surface area contributed by atoms with E-state index >= 15 is 0 Å². The summed E-state index contributed by atoms with van der Waals surface area (Å²) in [5.74, 6) is -1.47. The van der Waals surface area contributed by atoms with Gasteiger partial charge in [0.2, 0.25) is 0 Å². The molecule has 1 saturated carbocycles. The lowest BCUT2D eigenvalue weighted by atomic mass is 9.70. The van der Waals surface area contributed by atoms with Crippen LogP contribution in [0.4, 0.5) is 28.0 Å². The van der Waals surface area contributed by atoms with Crippen molar-refractivity contribution in [3.63, 3.8) is 0 Å². The van der Waals surface area contributed by atoms with Crippen LogP contribution in [-0.2, 0) is 9.47 Å². The Hall–Kier alpha value is -1.62. The minimum absolute atomic E-state index is 0.0295. The first kappa shape index (κ1) is 25.5. The number of amides is 2. The molecule has 2 amide bonds. The third kappa shape index (κ3) is 5.29. The number of ether oxygens (including phenoxy) is 2. The van der Waals surface area contributed by atoms with E-state index < -0.39 is 47.9 Å². The van der Waals surface area contributed by atoms with Gasteiger partial charge in [-0.3, -0.25) is 5.32 Å². The molecule has 34 heavy (non-hydrogen) atoms. The summed E-state index contributed by atoms with van der Waals surface area (Å²) >= 11 is 5.75. The number of urea groups is 1. The minimum Gasteiger partial charge on any atom is -0.365 e. The maximum absolute atomic E-state index is 14.0. The van der Waals surface area contributed by atoms with Gasteiger partial charge in [-0.15, -0.1) is 0 Å². The number of anilines is 1. The Bertz CT molecular complexity index is 884. The van der Waals surface area contributed by atoms with Gasteiger partial charge in [0.05, 0.1) is 24.4 Å². The second kappa shape index (κ2) is 10.2. The first-order valence-corrected chi connectivity index (χ1v) is 12.1. The monoisotopic (exact) mass is 507 g/mol. The minimum atomic E-state index is -4.47. The quantitative estimate of drug-likeness (QED) is 0.469. The van der Waals surface area contributed by atoms with Gasteiger partial charge in [0.25, 0.3) is 0 Å². The summed E-state index contributed by atoms with van der Waals surface area (Å²) in [5, 5.41) is 8.72. The fourth-order valence-electron chi connectivity index (χ4n) is 5.29. The van der Waals surface area contributed by atoms with Crippen LogP contribution in [0.25, 0.3) is 0 Å². The number of alkyl halides is 3. The predicted molar refractivity (Wildman–Crippen MR) is 119 cm³/mol. The van der Waals surface area contributed by atoms with E-state index in [4.69, 9.17) is 21.1 Å². The van der Waals surface area contributed by atoms with E-state index in [0.717, 1.165) is 18.9 Å². The van der Waals surface area contributed by atoms with Gasteiger partial charge in [-0.2, -0.15) is 13.2 Å². The zero-order valence-electron chi connectivity index (χ0n) is 18.9. The third-order valence-electron chi connectivity index (χ3n) is 7.16. The summed E-state index contributed by atoms with van der Waals surface area (Å²) in [7, 11) is 0. The van der Waals surface area contributed by atoms with E-state index in [1.54, 1.807) is 0 Å². The molecule has 1 aromatic rings. The van der Waals surface area contributed by atoms with Crippen molar-refractivity contribution in [3.8, 4) is 0 Å². The summed E-state index contributed by atoms with van der Waals surface area (Å²) in [6, 6.07) is 2.84. The lowest BCUT2D eigenvalue weighted by molar-refractivity contribution is -0.358. The van der Waals surface area contributed by atoms with Gasteiger partial charge in [0.15, 0.2) is 5.60 Å². The van der Waals surface area contributed by atoms with Gasteiger partial charge in [0, 0.05) is 23.4 Å². The van der Waals surface area contributed by atoms with Crippen LogP contribution in [0, 0.1) is 11.7 Å². The van der Waals surface area contributed by atoms with Crippen LogP contribution in [0.5, 0.6) is 0 Å². The molecule has 2 heterocycles. The molecule has 1 aliphatic carbocycles. The van der Waals surface area contributed by atoms with Gasteiger partial charge in [-0.05, 0) is 50.8 Å². The average Bonchev–Trinajstić information content (AvgIpc) is 2.71. The molecule has 3 N–H and O–H groups in total. The zero-order chi connectivity index (χ0) is 24.5. The smallest absolute Gasteiger partial charge is 0.365 e. The lowest BCUT2D eigenvalue weighted by Crippen LogP contribution is -2.65. The third-order valence-corrected chi connectivity index (χ3v) is 7.39. The Balaban J connectivity index is 1.45. The molecule has 4 rings (SSSR count). The summed E-state index contributed by atoms with van der Waals surface area (Å²) in [6.07, 6.45) is -2.23. The van der Waals surface area contributed by atoms with Crippen molar-refractivity contribution in [2.45, 2.75) is 88.1 Å². The normalized spacial score (nSPS) is 34.2. The van der Waals surface area contributed by atoms with Crippen LogP contribution < -0.4 is 16.0 Å². The van der Waals surface area contributed by atoms with E-state index in [9.17, 15) is 22.4 Å². The average molecular weight is 508 g/mol. The van der Waals surface area contributed by atoms with Crippen molar-refractivity contribution in [2.24, 2.45) is 5.92 Å². The molecule has 0 radical (unpaired) electrons. The Kier molecular flexibility index (Phi) is 7.61. The fraction of sp³-hybridized carbons (Fsp3) is 0.696. The van der Waals surface area contributed by atoms with E-state index in [0.29, 0.717) is 25.7 Å². The molecule has 3 aliphatic rings. The van der Waals surface area contributed by atoms with Crippen LogP contribution in [0.15, 0.2) is 18.2 Å². The predicted octanol–water partition coefficient (Wildman–Crippen LogP) is 5.36. The SMILES string of the molecule is CC1CCC(NC(=O)Nc2ccc(Cl)cc2F)C(O[C@@H]2CCCCC2[C@@]2(C(F)(F)F)CCO2)N1. The molecule has 0 aromatic heterocycles. The molecule has 6 nitrogen and oxygen atoms in total. The topological polar surface area (TPSA) is 71.6 Å². The molecule has 4 unspecified atom stereocenters. The molecule has 0 spiro atoms. The molecular formula is C23H30ClF4N3O3. The Labute approximate surface area is 201 Å². The maximum atomic E-state index is 14.0. The first-order valence-electron chi connectivity index (χ1n) is 11.7. The van der Waals surface area contributed by atoms with Gasteiger partial charge in [-0.25, -0.2) is 9.18 Å². The Morgan fingerprint density at radius 3 is 2.62 bits per heavy atom. The van der Waals surface area contributed by atoms with E-state index in [1.165, 1.54) is 12.1 Å². The molecule has 0 bridgehead atoms. The summed E-state index contributed by atoms with van der Waals surface area (Å²) < 4.78 is 67.4. The summed E-state index contributed by atoms with van der Waals surface area (Å²) in [4.78, 5) is 12.6. The van der Waals surface area contributed by atoms with Crippen molar-refractivity contribution >= 4 is 23.3 Å². The Morgan fingerprint density at radius 2 is 1.97 bits per heavy atom. The summed E-state index contributed by atoms with van der Waals surface area (Å²) in [5.41, 5.74) is -2.19. The van der Waals surface area contributed by atoms with Gasteiger partial charge in [0.1, 0.15) is 12.0 Å². The maximum Gasteiger partial charge on any atom is 0.417 e. The van der Waals surface area contributed by atoms with Crippen LogP contribution in [0.2, 0.25) is 5.02 Å². The highest BCUT2D eigenvalue weighted by atomic mass is 35.5. The number of piperidine rings is 1. The van der Waals surface area contributed by atoms with Gasteiger partial charge < -0.3 is 20.1 Å².